The van der Waals surface area contributed by atoms with E-state index in [-0.39, 0.29) is 22.8 Å². The van der Waals surface area contributed by atoms with Gasteiger partial charge < -0.3 is 19.6 Å². The van der Waals surface area contributed by atoms with Crippen LogP contribution in [0.25, 0.3) is 0 Å². The molecule has 2 N–H and O–H groups in total. The maximum atomic E-state index is 12.2. The number of hydrogen-bond acceptors (Lipinski definition) is 4. The summed E-state index contributed by atoms with van der Waals surface area (Å²) in [6.45, 7) is -3.04. The number of carbonyl (C=O) groups is 2. The number of carbonyl (C=O) groups excluding carboxylic acids is 1. The Hall–Kier alpha value is -2.90. The number of hydrogen-bond donors (Lipinski definition) is 2. The second-order valence-corrected chi connectivity index (χ2v) is 3.83. The van der Waals surface area contributed by atoms with Crippen LogP contribution in [-0.2, 0) is 0 Å². The molecule has 8 heteroatoms. The normalized spacial score (nSPS) is 10.4. The number of ether oxygens (including phenoxy) is 1. The molecule has 0 fully saturated rings. The van der Waals surface area contributed by atoms with Crippen LogP contribution in [0.15, 0.2) is 41.0 Å². The number of para-hydroxylation sites is 2. The van der Waals surface area contributed by atoms with E-state index in [9.17, 15) is 18.4 Å². The summed E-state index contributed by atoms with van der Waals surface area (Å²) >= 11 is 0. The highest BCUT2D eigenvalue weighted by molar-refractivity contribution is 6.04. The molecule has 1 aromatic carbocycles. The molecule has 0 spiro atoms. The summed E-state index contributed by atoms with van der Waals surface area (Å²) in [5.74, 6) is -2.52. The average Bonchev–Trinajstić information content (AvgIpc) is 2.90. The first-order chi connectivity index (χ1) is 9.97. The van der Waals surface area contributed by atoms with Gasteiger partial charge in [-0.25, -0.2) is 4.79 Å². The quantitative estimate of drug-likeness (QED) is 0.885. The number of benzene rings is 1. The predicted molar refractivity (Wildman–Crippen MR) is 66.7 cm³/mol. The van der Waals surface area contributed by atoms with E-state index >= 15 is 0 Å². The second-order valence-electron chi connectivity index (χ2n) is 3.83. The minimum atomic E-state index is -3.04. The number of alkyl halides is 2. The largest absolute Gasteiger partial charge is 0.478 e. The molecule has 0 radical (unpaired) electrons. The second kappa shape index (κ2) is 6.04. The number of amides is 1. The van der Waals surface area contributed by atoms with E-state index in [0.29, 0.717) is 0 Å². The molecule has 1 heterocycles. The number of halogens is 2. The fraction of sp³-hybridized carbons (Fsp3) is 0.0769. The molecule has 0 bridgehead atoms. The lowest BCUT2D eigenvalue weighted by atomic mass is 10.2. The van der Waals surface area contributed by atoms with Crippen molar-refractivity contribution < 1.29 is 32.6 Å². The highest BCUT2D eigenvalue weighted by atomic mass is 19.3. The molecule has 2 rings (SSSR count). The van der Waals surface area contributed by atoms with Crippen molar-refractivity contribution in [1.29, 1.82) is 0 Å². The van der Waals surface area contributed by atoms with Crippen molar-refractivity contribution in [1.82, 2.24) is 0 Å². The number of anilines is 1. The van der Waals surface area contributed by atoms with Crippen molar-refractivity contribution in [3.8, 4) is 5.75 Å². The van der Waals surface area contributed by atoms with Crippen LogP contribution in [0.1, 0.15) is 20.9 Å². The van der Waals surface area contributed by atoms with Crippen molar-refractivity contribution in [2.24, 2.45) is 0 Å². The third-order valence-corrected chi connectivity index (χ3v) is 2.42. The molecule has 0 saturated carbocycles. The van der Waals surface area contributed by atoms with Crippen molar-refractivity contribution in [3.05, 3.63) is 47.9 Å². The molecule has 1 aromatic heterocycles. The minimum Gasteiger partial charge on any atom is -0.478 e. The number of nitrogens with one attached hydrogen (secondary N) is 1. The van der Waals surface area contributed by atoms with Crippen molar-refractivity contribution in [2.75, 3.05) is 5.32 Å². The Kier molecular flexibility index (Phi) is 4.17. The first-order valence-corrected chi connectivity index (χ1v) is 5.64. The lowest BCUT2D eigenvalue weighted by Gasteiger charge is -2.10. The Morgan fingerprint density at radius 2 is 2.00 bits per heavy atom. The van der Waals surface area contributed by atoms with Gasteiger partial charge >= 0.3 is 12.6 Å². The summed E-state index contributed by atoms with van der Waals surface area (Å²) in [5, 5.41) is 11.0. The van der Waals surface area contributed by atoms with Gasteiger partial charge in [0.1, 0.15) is 12.0 Å². The molecule has 0 aliphatic heterocycles. The summed E-state index contributed by atoms with van der Waals surface area (Å²) < 4.78 is 33.5. The van der Waals surface area contributed by atoms with E-state index in [1.54, 1.807) is 0 Å². The monoisotopic (exact) mass is 297 g/mol. The lowest BCUT2D eigenvalue weighted by Crippen LogP contribution is -2.13. The predicted octanol–water partition coefficient (Wildman–Crippen LogP) is 2.83. The summed E-state index contributed by atoms with van der Waals surface area (Å²) in [6, 6.07) is 6.61. The molecule has 0 aliphatic rings. The zero-order chi connectivity index (χ0) is 15.4. The zero-order valence-electron chi connectivity index (χ0n) is 10.4. The van der Waals surface area contributed by atoms with E-state index in [1.165, 1.54) is 24.3 Å². The zero-order valence-corrected chi connectivity index (χ0v) is 10.4. The Bertz CT molecular complexity index is 668. The number of carboxylic acid groups (broad SMARTS) is 1. The van der Waals surface area contributed by atoms with Gasteiger partial charge in [0.15, 0.2) is 5.76 Å². The molecule has 0 atom stereocenters. The molecule has 1 amide bonds. The molecule has 2 aromatic rings. The van der Waals surface area contributed by atoms with Crippen LogP contribution in [0.5, 0.6) is 5.75 Å². The third kappa shape index (κ3) is 3.56. The Morgan fingerprint density at radius 1 is 1.29 bits per heavy atom. The maximum Gasteiger partial charge on any atom is 0.387 e. The van der Waals surface area contributed by atoms with Gasteiger partial charge in [-0.1, -0.05) is 12.1 Å². The fourth-order valence-electron chi connectivity index (χ4n) is 1.52. The smallest absolute Gasteiger partial charge is 0.387 e. The molecule has 110 valence electrons. The van der Waals surface area contributed by atoms with Crippen LogP contribution < -0.4 is 10.1 Å². The molecular formula is C13H9F2NO5. The summed E-state index contributed by atoms with van der Waals surface area (Å²) in [6.07, 6.45) is 0.902. The van der Waals surface area contributed by atoms with E-state index in [0.717, 1.165) is 12.3 Å². The molecule has 21 heavy (non-hydrogen) atoms. The highest BCUT2D eigenvalue weighted by Gasteiger charge is 2.17. The standard InChI is InChI=1S/C13H9F2NO5/c14-13(15)21-9-4-2-1-3-8(9)16-11(17)10-5-7(6-20-10)12(18)19/h1-6,13H,(H,16,17)(H,18,19). The summed E-state index contributed by atoms with van der Waals surface area (Å²) in [4.78, 5) is 22.5. The third-order valence-electron chi connectivity index (χ3n) is 2.42. The van der Waals surface area contributed by atoms with Crippen LogP contribution >= 0.6 is 0 Å². The van der Waals surface area contributed by atoms with Crippen LogP contribution in [0.3, 0.4) is 0 Å². The van der Waals surface area contributed by atoms with Gasteiger partial charge in [-0.05, 0) is 12.1 Å². The van der Waals surface area contributed by atoms with Gasteiger partial charge in [0.05, 0.1) is 11.3 Å². The number of carboxylic acids is 1. The molecule has 0 saturated heterocycles. The van der Waals surface area contributed by atoms with Gasteiger partial charge in [-0.3, -0.25) is 4.79 Å². The number of rotatable bonds is 5. The number of aromatic carboxylic acids is 1. The SMILES string of the molecule is O=C(O)c1coc(C(=O)Nc2ccccc2OC(F)F)c1. The van der Waals surface area contributed by atoms with Gasteiger partial charge in [0.25, 0.3) is 5.91 Å². The van der Waals surface area contributed by atoms with Crippen LogP contribution in [0.2, 0.25) is 0 Å². The van der Waals surface area contributed by atoms with E-state index in [2.05, 4.69) is 10.1 Å². The molecular weight excluding hydrogens is 288 g/mol. The first kappa shape index (κ1) is 14.5. The molecule has 6 nitrogen and oxygen atoms in total. The van der Waals surface area contributed by atoms with Gasteiger partial charge in [0.2, 0.25) is 0 Å². The van der Waals surface area contributed by atoms with Crippen LogP contribution in [0.4, 0.5) is 14.5 Å². The van der Waals surface area contributed by atoms with E-state index in [4.69, 9.17) is 9.52 Å². The summed E-state index contributed by atoms with van der Waals surface area (Å²) in [7, 11) is 0. The fourth-order valence-corrected chi connectivity index (χ4v) is 1.52. The first-order valence-electron chi connectivity index (χ1n) is 5.64. The van der Waals surface area contributed by atoms with Gasteiger partial charge in [0, 0.05) is 6.07 Å². The molecule has 0 aliphatic carbocycles. The van der Waals surface area contributed by atoms with Crippen molar-refractivity contribution in [3.63, 3.8) is 0 Å². The average molecular weight is 297 g/mol. The highest BCUT2D eigenvalue weighted by Crippen LogP contribution is 2.26. The van der Waals surface area contributed by atoms with Crippen LogP contribution in [-0.4, -0.2) is 23.6 Å². The van der Waals surface area contributed by atoms with Crippen LogP contribution in [0, 0.1) is 0 Å². The van der Waals surface area contributed by atoms with Crippen molar-refractivity contribution >= 4 is 17.6 Å². The Labute approximate surface area is 116 Å². The Balaban J connectivity index is 2.17. The topological polar surface area (TPSA) is 88.8 Å². The molecule has 0 unspecified atom stereocenters. The minimum absolute atomic E-state index is 0.0103. The van der Waals surface area contributed by atoms with Gasteiger partial charge in [-0.15, -0.1) is 0 Å². The Morgan fingerprint density at radius 3 is 2.62 bits per heavy atom. The van der Waals surface area contributed by atoms with E-state index in [1.807, 2.05) is 0 Å². The van der Waals surface area contributed by atoms with Crippen molar-refractivity contribution in [2.45, 2.75) is 6.61 Å². The van der Waals surface area contributed by atoms with E-state index < -0.39 is 18.5 Å². The lowest BCUT2D eigenvalue weighted by molar-refractivity contribution is -0.0493. The summed E-state index contributed by atoms with van der Waals surface area (Å²) in [5.41, 5.74) is -0.187. The van der Waals surface area contributed by atoms with Gasteiger partial charge in [-0.2, -0.15) is 8.78 Å². The number of furan rings is 1. The maximum absolute atomic E-state index is 12.2.